The van der Waals surface area contributed by atoms with Crippen molar-refractivity contribution in [3.63, 3.8) is 0 Å². The Morgan fingerprint density at radius 1 is 1.17 bits per heavy atom. The van der Waals surface area contributed by atoms with Crippen LogP contribution in [-0.2, 0) is 20.7 Å². The number of alkyl halides is 3. The minimum Gasteiger partial charge on any atom is -0.475 e. The van der Waals surface area contributed by atoms with Gasteiger partial charge in [0.15, 0.2) is 0 Å². The van der Waals surface area contributed by atoms with Crippen molar-refractivity contribution in [2.75, 3.05) is 20.2 Å². The second-order valence-corrected chi connectivity index (χ2v) is 6.63. The minimum atomic E-state index is -5.08. The van der Waals surface area contributed by atoms with Crippen molar-refractivity contribution in [2.45, 2.75) is 31.4 Å². The molecule has 1 aliphatic heterocycles. The predicted molar refractivity (Wildman–Crippen MR) is 98.2 cm³/mol. The fourth-order valence-corrected chi connectivity index (χ4v) is 3.23. The highest BCUT2D eigenvalue weighted by Gasteiger charge is 2.38. The van der Waals surface area contributed by atoms with Crippen LogP contribution >= 0.6 is 0 Å². The lowest BCUT2D eigenvalue weighted by molar-refractivity contribution is -0.192. The molecule has 0 aliphatic carbocycles. The van der Waals surface area contributed by atoms with Crippen LogP contribution in [0.3, 0.4) is 0 Å². The van der Waals surface area contributed by atoms with Gasteiger partial charge in [0, 0.05) is 0 Å². The van der Waals surface area contributed by atoms with Crippen LogP contribution in [0.2, 0.25) is 0 Å². The molecule has 1 saturated heterocycles. The fraction of sp³-hybridized carbons (Fsp3) is 0.400. The molecule has 1 fully saturated rings. The van der Waals surface area contributed by atoms with E-state index in [0.29, 0.717) is 5.92 Å². The van der Waals surface area contributed by atoms with E-state index in [2.05, 4.69) is 11.4 Å². The predicted octanol–water partition coefficient (Wildman–Crippen LogP) is 3.79. The molecule has 158 valence electrons. The molecule has 2 aromatic rings. The molecule has 0 radical (unpaired) electrons. The van der Waals surface area contributed by atoms with Crippen molar-refractivity contribution in [3.05, 3.63) is 47.3 Å². The smallest absolute Gasteiger partial charge is 0.475 e. The number of hydrogen-bond acceptors (Lipinski definition) is 4. The van der Waals surface area contributed by atoms with Crippen LogP contribution in [-0.4, -0.2) is 43.4 Å². The molecule has 9 heteroatoms. The Kier molecular flexibility index (Phi) is 7.55. The number of carboxylic acid groups (broad SMARTS) is 1. The monoisotopic (exact) mass is 415 g/mol. The molecule has 0 atom stereocenters. The molecule has 29 heavy (non-hydrogen) atoms. The zero-order valence-corrected chi connectivity index (χ0v) is 15.7. The van der Waals surface area contributed by atoms with Crippen LogP contribution in [0.15, 0.2) is 30.3 Å². The van der Waals surface area contributed by atoms with E-state index in [-0.39, 0.29) is 18.2 Å². The number of rotatable bonds is 3. The Labute approximate surface area is 164 Å². The Balaban J connectivity index is 0.000000370. The van der Waals surface area contributed by atoms with Crippen molar-refractivity contribution in [3.8, 4) is 0 Å². The highest BCUT2D eigenvalue weighted by Crippen LogP contribution is 2.33. The lowest BCUT2D eigenvalue weighted by atomic mass is 9.85. The lowest BCUT2D eigenvalue weighted by Gasteiger charge is -2.25. The maximum absolute atomic E-state index is 13.7. The van der Waals surface area contributed by atoms with E-state index in [1.807, 2.05) is 6.07 Å². The number of esters is 1. The van der Waals surface area contributed by atoms with Crippen LogP contribution in [0.25, 0.3) is 10.8 Å². The Hall–Kier alpha value is -2.68. The first-order valence-electron chi connectivity index (χ1n) is 8.91. The van der Waals surface area contributed by atoms with Crippen LogP contribution in [0, 0.1) is 5.82 Å². The summed E-state index contributed by atoms with van der Waals surface area (Å²) >= 11 is 0. The van der Waals surface area contributed by atoms with Gasteiger partial charge in [-0.05, 0) is 65.9 Å². The number of fused-ring (bicyclic) bond motifs is 1. The number of ether oxygens (including phenoxy) is 1. The van der Waals surface area contributed by atoms with Crippen molar-refractivity contribution >= 4 is 22.7 Å². The zero-order chi connectivity index (χ0) is 21.6. The summed E-state index contributed by atoms with van der Waals surface area (Å²) in [6.07, 6.45) is -2.76. The number of carbonyl (C=O) groups is 2. The van der Waals surface area contributed by atoms with Crippen molar-refractivity contribution < 1.29 is 37.0 Å². The largest absolute Gasteiger partial charge is 0.490 e. The molecule has 5 nitrogen and oxygen atoms in total. The molecule has 0 bridgehead atoms. The summed E-state index contributed by atoms with van der Waals surface area (Å²) in [5.41, 5.74) is 2.08. The van der Waals surface area contributed by atoms with Gasteiger partial charge in [-0.3, -0.25) is 4.79 Å². The number of benzene rings is 2. The molecule has 0 saturated carbocycles. The molecule has 0 spiro atoms. The standard InChI is InChI=1S/C18H20FNO2.C2HF3O2/c1-22-18(21)10-12-8-14-2-3-15(19)11-17(14)16(9-12)13-4-6-20-7-5-13;3-2(4,5)1(6)7/h2-3,8-9,11,13,20H,4-7,10H2,1H3;(H,6,7). The molecule has 3 rings (SSSR count). The third kappa shape index (κ3) is 6.42. The van der Waals surface area contributed by atoms with E-state index in [4.69, 9.17) is 14.6 Å². The van der Waals surface area contributed by atoms with Gasteiger partial charge in [-0.15, -0.1) is 0 Å². The summed E-state index contributed by atoms with van der Waals surface area (Å²) in [6, 6.07) is 8.87. The molecular weight excluding hydrogens is 394 g/mol. The number of aliphatic carboxylic acids is 1. The van der Waals surface area contributed by atoms with Gasteiger partial charge in [0.1, 0.15) is 5.82 Å². The van der Waals surface area contributed by atoms with E-state index in [0.717, 1.165) is 47.8 Å². The van der Waals surface area contributed by atoms with Crippen molar-refractivity contribution in [1.29, 1.82) is 0 Å². The number of carbonyl (C=O) groups excluding carboxylic acids is 1. The summed E-state index contributed by atoms with van der Waals surface area (Å²) in [5.74, 6) is -2.82. The number of piperidine rings is 1. The summed E-state index contributed by atoms with van der Waals surface area (Å²) in [4.78, 5) is 20.5. The molecule has 2 aromatic carbocycles. The summed E-state index contributed by atoms with van der Waals surface area (Å²) < 4.78 is 50.2. The van der Waals surface area contributed by atoms with Gasteiger partial charge in [0.25, 0.3) is 0 Å². The van der Waals surface area contributed by atoms with E-state index in [9.17, 15) is 22.4 Å². The topological polar surface area (TPSA) is 75.6 Å². The molecule has 2 N–H and O–H groups in total. The van der Waals surface area contributed by atoms with Crippen molar-refractivity contribution in [2.24, 2.45) is 0 Å². The molecule has 0 amide bonds. The van der Waals surface area contributed by atoms with Gasteiger partial charge in [-0.25, -0.2) is 9.18 Å². The van der Waals surface area contributed by atoms with Gasteiger partial charge in [-0.2, -0.15) is 13.2 Å². The number of carboxylic acids is 1. The number of methoxy groups -OCH3 is 1. The molecule has 1 heterocycles. The maximum Gasteiger partial charge on any atom is 0.490 e. The van der Waals surface area contributed by atoms with E-state index in [1.54, 1.807) is 12.1 Å². The third-order valence-corrected chi connectivity index (χ3v) is 4.61. The number of hydrogen-bond donors (Lipinski definition) is 2. The van der Waals surface area contributed by atoms with Crippen LogP contribution in [0.5, 0.6) is 0 Å². The van der Waals surface area contributed by atoms with Gasteiger partial charge in [0.2, 0.25) is 0 Å². The Morgan fingerprint density at radius 2 is 1.79 bits per heavy atom. The highest BCUT2D eigenvalue weighted by atomic mass is 19.4. The summed E-state index contributed by atoms with van der Waals surface area (Å²) in [7, 11) is 1.40. The molecular formula is C20H21F4NO4. The van der Waals surface area contributed by atoms with Gasteiger partial charge >= 0.3 is 18.1 Å². The van der Waals surface area contributed by atoms with Crippen LogP contribution in [0.1, 0.15) is 29.9 Å². The second kappa shape index (κ2) is 9.69. The summed E-state index contributed by atoms with van der Waals surface area (Å²) in [6.45, 7) is 1.95. The Morgan fingerprint density at radius 3 is 2.34 bits per heavy atom. The first-order valence-corrected chi connectivity index (χ1v) is 8.91. The van der Waals surface area contributed by atoms with Gasteiger partial charge in [-0.1, -0.05) is 18.2 Å². The highest BCUT2D eigenvalue weighted by molar-refractivity contribution is 5.88. The molecule has 0 aromatic heterocycles. The average molecular weight is 415 g/mol. The quantitative estimate of drug-likeness (QED) is 0.589. The summed E-state index contributed by atoms with van der Waals surface area (Å²) in [5, 5.41) is 12.4. The minimum absolute atomic E-state index is 0.219. The first kappa shape index (κ1) is 22.6. The van der Waals surface area contributed by atoms with Gasteiger partial charge < -0.3 is 15.2 Å². The van der Waals surface area contributed by atoms with E-state index < -0.39 is 12.1 Å². The fourth-order valence-electron chi connectivity index (χ4n) is 3.23. The van der Waals surface area contributed by atoms with E-state index >= 15 is 0 Å². The van der Waals surface area contributed by atoms with Crippen LogP contribution in [0.4, 0.5) is 17.6 Å². The van der Waals surface area contributed by atoms with Crippen LogP contribution < -0.4 is 5.32 Å². The first-order chi connectivity index (χ1) is 13.6. The zero-order valence-electron chi connectivity index (χ0n) is 15.7. The van der Waals surface area contributed by atoms with Crippen molar-refractivity contribution in [1.82, 2.24) is 5.32 Å². The number of nitrogens with one attached hydrogen (secondary N) is 1. The second-order valence-electron chi connectivity index (χ2n) is 6.63. The average Bonchev–Trinajstić information content (AvgIpc) is 2.68. The third-order valence-electron chi connectivity index (χ3n) is 4.61. The number of halogens is 4. The Bertz CT molecular complexity index is 877. The van der Waals surface area contributed by atoms with Gasteiger partial charge in [0.05, 0.1) is 13.5 Å². The van der Waals surface area contributed by atoms with E-state index in [1.165, 1.54) is 13.2 Å². The lowest BCUT2D eigenvalue weighted by Crippen LogP contribution is -2.26. The normalized spacial score (nSPS) is 14.8. The molecule has 0 unspecified atom stereocenters. The SMILES string of the molecule is COC(=O)Cc1cc(C2CCNCC2)c2cc(F)ccc2c1.O=C(O)C(F)(F)F. The molecule has 1 aliphatic rings. The maximum atomic E-state index is 13.7.